The summed E-state index contributed by atoms with van der Waals surface area (Å²) in [4.78, 5) is 34.1. The summed E-state index contributed by atoms with van der Waals surface area (Å²) in [6.45, 7) is 2.69. The van der Waals surface area contributed by atoms with E-state index in [0.717, 1.165) is 10.3 Å². The number of thiazole rings is 1. The Morgan fingerprint density at radius 3 is 2.55 bits per heavy atom. The fourth-order valence-electron chi connectivity index (χ4n) is 3.08. The summed E-state index contributed by atoms with van der Waals surface area (Å²) in [7, 11) is 0. The highest BCUT2D eigenvalue weighted by Crippen LogP contribution is 2.35. The molecule has 4 rings (SSSR count). The highest BCUT2D eigenvalue weighted by atomic mass is 32.1. The van der Waals surface area contributed by atoms with Crippen LogP contribution in [-0.2, 0) is 6.54 Å². The number of non-ortho nitro benzene ring substituents is 1. The molecule has 0 fully saturated rings. The molecule has 0 N–H and O–H groups in total. The van der Waals surface area contributed by atoms with Crippen molar-refractivity contribution in [2.45, 2.75) is 13.5 Å². The molecule has 156 valence electrons. The number of carbonyl (C=O) groups excluding carboxylic acids is 1. The normalized spacial score (nSPS) is 10.7. The van der Waals surface area contributed by atoms with Crippen LogP contribution in [0.15, 0.2) is 67.0 Å². The molecular formula is C22H18N4O4S. The van der Waals surface area contributed by atoms with Crippen LogP contribution in [0.25, 0.3) is 10.2 Å². The van der Waals surface area contributed by atoms with Gasteiger partial charge in [0.15, 0.2) is 5.13 Å². The smallest absolute Gasteiger partial charge is 0.269 e. The van der Waals surface area contributed by atoms with E-state index in [9.17, 15) is 14.9 Å². The van der Waals surface area contributed by atoms with Crippen molar-refractivity contribution in [1.29, 1.82) is 0 Å². The highest BCUT2D eigenvalue weighted by Gasteiger charge is 2.23. The third-order valence-corrected chi connectivity index (χ3v) is 5.61. The van der Waals surface area contributed by atoms with E-state index < -0.39 is 4.92 Å². The van der Waals surface area contributed by atoms with E-state index in [1.54, 1.807) is 17.3 Å². The van der Waals surface area contributed by atoms with E-state index in [1.165, 1.54) is 35.6 Å². The molecule has 31 heavy (non-hydrogen) atoms. The molecule has 8 nitrogen and oxygen atoms in total. The van der Waals surface area contributed by atoms with Crippen LogP contribution in [0.1, 0.15) is 22.8 Å². The molecule has 0 unspecified atom stereocenters. The Balaban J connectivity index is 1.75. The first-order valence-corrected chi connectivity index (χ1v) is 10.4. The van der Waals surface area contributed by atoms with E-state index >= 15 is 0 Å². The molecule has 0 aliphatic heterocycles. The van der Waals surface area contributed by atoms with E-state index in [0.29, 0.717) is 28.6 Å². The van der Waals surface area contributed by atoms with Gasteiger partial charge in [0.05, 0.1) is 22.8 Å². The molecule has 2 aromatic carbocycles. The minimum absolute atomic E-state index is 0.0708. The van der Waals surface area contributed by atoms with Crippen molar-refractivity contribution in [3.05, 3.63) is 88.2 Å². The molecule has 1 amide bonds. The fourth-order valence-corrected chi connectivity index (χ4v) is 4.06. The first kappa shape index (κ1) is 20.4. The predicted molar refractivity (Wildman–Crippen MR) is 119 cm³/mol. The topological polar surface area (TPSA) is 98.5 Å². The van der Waals surface area contributed by atoms with Gasteiger partial charge in [-0.2, -0.15) is 0 Å². The summed E-state index contributed by atoms with van der Waals surface area (Å²) in [6, 6.07) is 14.9. The molecule has 0 bridgehead atoms. The molecule has 0 atom stereocenters. The van der Waals surface area contributed by atoms with E-state index in [1.807, 2.05) is 37.3 Å². The second-order valence-corrected chi connectivity index (χ2v) is 7.59. The van der Waals surface area contributed by atoms with Crippen LogP contribution in [0.2, 0.25) is 0 Å². The number of nitrogens with zero attached hydrogens (tertiary/aromatic N) is 4. The average molecular weight is 434 g/mol. The summed E-state index contributed by atoms with van der Waals surface area (Å²) in [6.07, 6.45) is 3.32. The number of hydrogen-bond acceptors (Lipinski definition) is 7. The lowest BCUT2D eigenvalue weighted by atomic mass is 10.1. The van der Waals surface area contributed by atoms with Gasteiger partial charge in [-0.25, -0.2) is 4.98 Å². The number of anilines is 1. The number of benzene rings is 2. The lowest BCUT2D eigenvalue weighted by molar-refractivity contribution is -0.384. The zero-order chi connectivity index (χ0) is 21.8. The van der Waals surface area contributed by atoms with Gasteiger partial charge in [0.1, 0.15) is 11.3 Å². The zero-order valence-corrected chi connectivity index (χ0v) is 17.4. The van der Waals surface area contributed by atoms with E-state index in [4.69, 9.17) is 9.72 Å². The van der Waals surface area contributed by atoms with Crippen LogP contribution in [0, 0.1) is 10.1 Å². The second-order valence-electron chi connectivity index (χ2n) is 6.58. The number of aromatic nitrogens is 2. The van der Waals surface area contributed by atoms with Gasteiger partial charge >= 0.3 is 0 Å². The average Bonchev–Trinajstić information content (AvgIpc) is 3.23. The Morgan fingerprint density at radius 2 is 1.87 bits per heavy atom. The molecule has 0 spiro atoms. The van der Waals surface area contributed by atoms with Crippen LogP contribution in [-0.4, -0.2) is 27.4 Å². The van der Waals surface area contributed by atoms with Gasteiger partial charge in [-0.1, -0.05) is 17.4 Å². The summed E-state index contributed by atoms with van der Waals surface area (Å²) >= 11 is 1.39. The van der Waals surface area contributed by atoms with Crippen molar-refractivity contribution in [2.24, 2.45) is 0 Å². The number of rotatable bonds is 7. The molecule has 9 heteroatoms. The number of ether oxygens (including phenoxy) is 1. The Bertz CT molecular complexity index is 1230. The van der Waals surface area contributed by atoms with Crippen LogP contribution < -0.4 is 9.64 Å². The van der Waals surface area contributed by atoms with Gasteiger partial charge in [-0.15, -0.1) is 0 Å². The minimum atomic E-state index is -0.494. The first-order chi connectivity index (χ1) is 15.1. The third-order valence-electron chi connectivity index (χ3n) is 4.56. The lowest BCUT2D eigenvalue weighted by Gasteiger charge is -2.20. The van der Waals surface area contributed by atoms with Crippen LogP contribution in [0.5, 0.6) is 5.75 Å². The van der Waals surface area contributed by atoms with E-state index in [-0.39, 0.29) is 18.1 Å². The SMILES string of the molecule is CCOc1cccc2sc(N(Cc3ccncc3)C(=O)c3ccc([N+](=O)[O-])cc3)nc12. The largest absolute Gasteiger partial charge is 0.492 e. The molecule has 0 aliphatic carbocycles. The molecule has 0 aliphatic rings. The maximum atomic E-state index is 13.4. The predicted octanol–water partition coefficient (Wildman–Crippen LogP) is 4.85. The van der Waals surface area contributed by atoms with Crippen molar-refractivity contribution in [2.75, 3.05) is 11.5 Å². The van der Waals surface area contributed by atoms with Gasteiger partial charge in [0.25, 0.3) is 11.6 Å². The minimum Gasteiger partial charge on any atom is -0.492 e. The highest BCUT2D eigenvalue weighted by molar-refractivity contribution is 7.22. The van der Waals surface area contributed by atoms with Gasteiger partial charge in [0.2, 0.25) is 0 Å². The van der Waals surface area contributed by atoms with E-state index in [2.05, 4.69) is 4.98 Å². The molecule has 0 saturated heterocycles. The molecular weight excluding hydrogens is 416 g/mol. The zero-order valence-electron chi connectivity index (χ0n) is 16.6. The Kier molecular flexibility index (Phi) is 5.85. The maximum Gasteiger partial charge on any atom is 0.269 e. The maximum absolute atomic E-state index is 13.4. The number of fused-ring (bicyclic) bond motifs is 1. The van der Waals surface area contributed by atoms with Crippen LogP contribution in [0.3, 0.4) is 0 Å². The lowest BCUT2D eigenvalue weighted by Crippen LogP contribution is -2.30. The van der Waals surface area contributed by atoms with Crippen molar-refractivity contribution >= 4 is 38.3 Å². The first-order valence-electron chi connectivity index (χ1n) is 9.54. The third kappa shape index (κ3) is 4.36. The summed E-state index contributed by atoms with van der Waals surface area (Å²) in [5.41, 5.74) is 1.85. The van der Waals surface area contributed by atoms with Gasteiger partial charge < -0.3 is 4.74 Å². The Hall–Kier alpha value is -3.85. The number of nitro benzene ring substituents is 1. The quantitative estimate of drug-likeness (QED) is 0.305. The number of amides is 1. The second kappa shape index (κ2) is 8.88. The van der Waals surface area contributed by atoms with Crippen molar-refractivity contribution in [1.82, 2.24) is 9.97 Å². The molecule has 0 saturated carbocycles. The van der Waals surface area contributed by atoms with Crippen molar-refractivity contribution in [3.8, 4) is 5.75 Å². The summed E-state index contributed by atoms with van der Waals surface area (Å²) in [5.74, 6) is 0.359. The molecule has 4 aromatic rings. The van der Waals surface area contributed by atoms with Crippen LogP contribution >= 0.6 is 11.3 Å². The van der Waals surface area contributed by atoms with Crippen LogP contribution in [0.4, 0.5) is 10.8 Å². The standard InChI is InChI=1S/C22H18N4O4S/c1-2-30-18-4-3-5-19-20(18)24-22(31-19)25(14-15-10-12-23-13-11-15)21(27)16-6-8-17(9-7-16)26(28)29/h3-13H,2,14H2,1H3. The molecule has 2 aromatic heterocycles. The van der Waals surface area contributed by atoms with Gasteiger partial charge in [0, 0.05) is 30.1 Å². The van der Waals surface area contributed by atoms with Gasteiger partial charge in [-0.3, -0.25) is 24.8 Å². The monoisotopic (exact) mass is 434 g/mol. The number of nitro groups is 1. The van der Waals surface area contributed by atoms with Crippen molar-refractivity contribution in [3.63, 3.8) is 0 Å². The number of carbonyl (C=O) groups is 1. The Morgan fingerprint density at radius 1 is 1.13 bits per heavy atom. The molecule has 0 radical (unpaired) electrons. The summed E-state index contributed by atoms with van der Waals surface area (Å²) in [5, 5.41) is 11.5. The van der Waals surface area contributed by atoms with Crippen molar-refractivity contribution < 1.29 is 14.5 Å². The molecule has 2 heterocycles. The fraction of sp³-hybridized carbons (Fsp3) is 0.136. The summed E-state index contributed by atoms with van der Waals surface area (Å²) < 4.78 is 6.58. The number of hydrogen-bond donors (Lipinski definition) is 0. The number of pyridine rings is 1. The Labute approximate surface area is 181 Å². The number of para-hydroxylation sites is 1. The van der Waals surface area contributed by atoms with Gasteiger partial charge in [-0.05, 0) is 48.9 Å².